The number of hydrogen-bond acceptors (Lipinski definition) is 2. The van der Waals surface area contributed by atoms with Crippen molar-refractivity contribution in [3.05, 3.63) is 18.0 Å². The lowest BCUT2D eigenvalue weighted by Gasteiger charge is -2.36. The zero-order valence-electron chi connectivity index (χ0n) is 13.7. The third kappa shape index (κ3) is 3.88. The lowest BCUT2D eigenvalue weighted by atomic mass is 9.71. The molecule has 1 N–H and O–H groups in total. The molecule has 0 aliphatic heterocycles. The summed E-state index contributed by atoms with van der Waals surface area (Å²) in [5, 5.41) is 8.33. The number of rotatable bonds is 7. The zero-order chi connectivity index (χ0) is 14.7. The van der Waals surface area contributed by atoms with Gasteiger partial charge in [-0.3, -0.25) is 4.68 Å². The van der Waals surface area contributed by atoms with Crippen molar-refractivity contribution in [2.24, 2.45) is 11.8 Å². The van der Waals surface area contributed by atoms with Crippen molar-refractivity contribution < 1.29 is 0 Å². The summed E-state index contributed by atoms with van der Waals surface area (Å²) >= 11 is 0. The molecular formula is C18H31N3. The van der Waals surface area contributed by atoms with Crippen LogP contribution in [0.2, 0.25) is 0 Å². The first-order valence-electron chi connectivity index (χ1n) is 9.05. The molecule has 3 rings (SSSR count). The van der Waals surface area contributed by atoms with E-state index in [1.54, 1.807) is 0 Å². The number of nitrogens with zero attached hydrogens (tertiary/aromatic N) is 2. The second kappa shape index (κ2) is 6.95. The predicted octanol–water partition coefficient (Wildman–Crippen LogP) is 3.96. The number of hydrogen-bond donors (Lipinski definition) is 1. The first-order chi connectivity index (χ1) is 10.3. The van der Waals surface area contributed by atoms with E-state index in [1.165, 1.54) is 50.6 Å². The van der Waals surface area contributed by atoms with Gasteiger partial charge in [-0.2, -0.15) is 5.10 Å². The lowest BCUT2D eigenvalue weighted by Crippen LogP contribution is -2.32. The zero-order valence-corrected chi connectivity index (χ0v) is 13.7. The van der Waals surface area contributed by atoms with Crippen molar-refractivity contribution in [1.29, 1.82) is 0 Å². The van der Waals surface area contributed by atoms with E-state index in [9.17, 15) is 0 Å². The molecule has 0 saturated heterocycles. The maximum Gasteiger partial charge on any atom is 0.0524 e. The van der Waals surface area contributed by atoms with Crippen molar-refractivity contribution in [2.75, 3.05) is 6.54 Å². The summed E-state index contributed by atoms with van der Waals surface area (Å²) in [6, 6.07) is 0.831. The van der Waals surface area contributed by atoms with Crippen molar-refractivity contribution in [3.63, 3.8) is 0 Å². The van der Waals surface area contributed by atoms with Crippen LogP contribution in [0.15, 0.2) is 12.4 Å². The molecule has 0 amide bonds. The van der Waals surface area contributed by atoms with Crippen LogP contribution in [0.1, 0.15) is 70.3 Å². The van der Waals surface area contributed by atoms with E-state index in [4.69, 9.17) is 0 Å². The molecule has 2 aliphatic rings. The molecule has 0 spiro atoms. The summed E-state index contributed by atoms with van der Waals surface area (Å²) in [7, 11) is 0. The van der Waals surface area contributed by atoms with Gasteiger partial charge in [-0.05, 0) is 62.0 Å². The Labute approximate surface area is 129 Å². The van der Waals surface area contributed by atoms with Gasteiger partial charge < -0.3 is 5.32 Å². The van der Waals surface area contributed by atoms with Gasteiger partial charge in [0.15, 0.2) is 0 Å². The van der Waals surface area contributed by atoms with Gasteiger partial charge in [0.25, 0.3) is 0 Å². The Hall–Kier alpha value is -0.830. The lowest BCUT2D eigenvalue weighted by molar-refractivity contribution is 0.225. The highest BCUT2D eigenvalue weighted by Crippen LogP contribution is 2.41. The second-order valence-electron chi connectivity index (χ2n) is 7.17. The second-order valence-corrected chi connectivity index (χ2v) is 7.17. The Balaban J connectivity index is 1.67. The molecule has 3 atom stereocenters. The van der Waals surface area contributed by atoms with Crippen LogP contribution in [-0.4, -0.2) is 22.4 Å². The van der Waals surface area contributed by atoms with Gasteiger partial charge in [0.1, 0.15) is 0 Å². The third-order valence-corrected chi connectivity index (χ3v) is 5.46. The first-order valence-corrected chi connectivity index (χ1v) is 9.05. The highest BCUT2D eigenvalue weighted by molar-refractivity contribution is 5.14. The summed E-state index contributed by atoms with van der Waals surface area (Å²) in [6.45, 7) is 6.84. The monoisotopic (exact) mass is 289 g/mol. The molecule has 1 aromatic rings. The number of aryl methyl sites for hydroxylation is 1. The minimum Gasteiger partial charge on any atom is -0.314 e. The minimum absolute atomic E-state index is 0.723. The van der Waals surface area contributed by atoms with Crippen LogP contribution < -0.4 is 5.32 Å². The summed E-state index contributed by atoms with van der Waals surface area (Å²) < 4.78 is 2.14. The Morgan fingerprint density at radius 1 is 1.24 bits per heavy atom. The van der Waals surface area contributed by atoms with E-state index < -0.39 is 0 Å². The minimum atomic E-state index is 0.723. The van der Waals surface area contributed by atoms with Crippen LogP contribution in [0.4, 0.5) is 0 Å². The van der Waals surface area contributed by atoms with Crippen LogP contribution in [0.25, 0.3) is 0 Å². The topological polar surface area (TPSA) is 29.9 Å². The maximum absolute atomic E-state index is 4.57. The molecule has 3 heteroatoms. The van der Waals surface area contributed by atoms with Crippen LogP contribution in [0.5, 0.6) is 0 Å². The molecule has 2 fully saturated rings. The molecule has 2 aliphatic carbocycles. The summed E-state index contributed by atoms with van der Waals surface area (Å²) in [4.78, 5) is 0. The molecule has 118 valence electrons. The molecule has 21 heavy (non-hydrogen) atoms. The fraction of sp³-hybridized carbons (Fsp3) is 0.833. The molecule has 3 nitrogen and oxygen atoms in total. The smallest absolute Gasteiger partial charge is 0.0524 e. The SMILES string of the molecule is CCCn1cc(C2CC(CC)CCC2CNC2CC2)cn1. The summed E-state index contributed by atoms with van der Waals surface area (Å²) in [6.07, 6.45) is 13.9. The van der Waals surface area contributed by atoms with E-state index in [0.29, 0.717) is 0 Å². The maximum atomic E-state index is 4.57. The average molecular weight is 289 g/mol. The molecule has 0 aromatic carbocycles. The van der Waals surface area contributed by atoms with Gasteiger partial charge in [-0.25, -0.2) is 0 Å². The Kier molecular flexibility index (Phi) is 4.99. The van der Waals surface area contributed by atoms with Crippen LogP contribution in [-0.2, 0) is 6.54 Å². The van der Waals surface area contributed by atoms with Gasteiger partial charge in [0.2, 0.25) is 0 Å². The summed E-state index contributed by atoms with van der Waals surface area (Å²) in [5.74, 6) is 2.45. The highest BCUT2D eigenvalue weighted by Gasteiger charge is 2.32. The number of nitrogens with one attached hydrogen (secondary N) is 1. The van der Waals surface area contributed by atoms with Gasteiger partial charge in [-0.15, -0.1) is 0 Å². The Bertz CT molecular complexity index is 435. The third-order valence-electron chi connectivity index (χ3n) is 5.46. The van der Waals surface area contributed by atoms with Gasteiger partial charge in [0.05, 0.1) is 6.20 Å². The van der Waals surface area contributed by atoms with E-state index >= 15 is 0 Å². The largest absolute Gasteiger partial charge is 0.314 e. The van der Waals surface area contributed by atoms with Gasteiger partial charge in [0, 0.05) is 18.8 Å². The molecule has 0 bridgehead atoms. The highest BCUT2D eigenvalue weighted by atomic mass is 15.3. The van der Waals surface area contributed by atoms with Gasteiger partial charge in [-0.1, -0.05) is 26.7 Å². The Morgan fingerprint density at radius 3 is 2.81 bits per heavy atom. The van der Waals surface area contributed by atoms with E-state index in [-0.39, 0.29) is 0 Å². The van der Waals surface area contributed by atoms with Crippen LogP contribution in [0, 0.1) is 11.8 Å². The van der Waals surface area contributed by atoms with Crippen LogP contribution in [0.3, 0.4) is 0 Å². The van der Waals surface area contributed by atoms with Crippen LogP contribution >= 0.6 is 0 Å². The average Bonchev–Trinajstić information content (AvgIpc) is 3.23. The van der Waals surface area contributed by atoms with Crippen molar-refractivity contribution in [2.45, 2.75) is 77.3 Å². The Morgan fingerprint density at radius 2 is 2.10 bits per heavy atom. The normalized spacial score (nSPS) is 29.7. The quantitative estimate of drug-likeness (QED) is 0.823. The van der Waals surface area contributed by atoms with Crippen molar-refractivity contribution in [1.82, 2.24) is 15.1 Å². The molecule has 1 aromatic heterocycles. The molecule has 3 unspecified atom stereocenters. The van der Waals surface area contributed by atoms with Gasteiger partial charge >= 0.3 is 0 Å². The molecule has 0 radical (unpaired) electrons. The predicted molar refractivity (Wildman–Crippen MR) is 87.4 cm³/mol. The van der Waals surface area contributed by atoms with Crippen molar-refractivity contribution in [3.8, 4) is 0 Å². The standard InChI is InChI=1S/C18H31N3/c1-3-9-21-13-16(12-20-21)18-10-14(4-2)5-6-15(18)11-19-17-7-8-17/h12-15,17-19H,3-11H2,1-2H3. The van der Waals surface area contributed by atoms with E-state index in [2.05, 4.69) is 41.3 Å². The summed E-state index contributed by atoms with van der Waals surface area (Å²) in [5.41, 5.74) is 1.49. The van der Waals surface area contributed by atoms with E-state index in [0.717, 1.165) is 36.8 Å². The molecule has 1 heterocycles. The first kappa shape index (κ1) is 15.1. The molecular weight excluding hydrogens is 258 g/mol. The molecule has 2 saturated carbocycles. The fourth-order valence-corrected chi connectivity index (χ4v) is 3.87. The van der Waals surface area contributed by atoms with E-state index in [1.807, 2.05) is 0 Å². The van der Waals surface area contributed by atoms with Crippen molar-refractivity contribution >= 4 is 0 Å². The number of aromatic nitrogens is 2. The fourth-order valence-electron chi connectivity index (χ4n) is 3.87.